The maximum Gasteiger partial charge on any atom is 0.338 e. The summed E-state index contributed by atoms with van der Waals surface area (Å²) in [6, 6.07) is 1.04. The average molecular weight is 302 g/mol. The summed E-state index contributed by atoms with van der Waals surface area (Å²) >= 11 is 1.17. The predicted molar refractivity (Wildman–Crippen MR) is 74.3 cm³/mol. The Bertz CT molecular complexity index is 505. The van der Waals surface area contributed by atoms with Crippen LogP contribution in [0.5, 0.6) is 0 Å². The number of carboxylic acid groups (broad SMARTS) is 1. The third-order valence-corrected chi connectivity index (χ3v) is 5.06. The van der Waals surface area contributed by atoms with Crippen molar-refractivity contribution in [3.8, 4) is 0 Å². The summed E-state index contributed by atoms with van der Waals surface area (Å²) in [5.74, 6) is 0.138. The van der Waals surface area contributed by atoms with E-state index in [1.165, 1.54) is 17.4 Å². The van der Waals surface area contributed by atoms with Crippen LogP contribution in [0.25, 0.3) is 0 Å². The zero-order valence-electron chi connectivity index (χ0n) is 10.0. The van der Waals surface area contributed by atoms with Gasteiger partial charge in [-0.25, -0.2) is 9.59 Å². The molecule has 104 valence electrons. The van der Waals surface area contributed by atoms with E-state index in [1.807, 2.05) is 0 Å². The lowest BCUT2D eigenvalue weighted by Gasteiger charge is -2.22. The normalized spacial score (nSPS) is 22.7. The van der Waals surface area contributed by atoms with Crippen molar-refractivity contribution < 1.29 is 18.9 Å². The lowest BCUT2D eigenvalue weighted by Crippen LogP contribution is -2.41. The fourth-order valence-electron chi connectivity index (χ4n) is 1.84. The van der Waals surface area contributed by atoms with Crippen molar-refractivity contribution in [3.05, 3.63) is 17.0 Å². The van der Waals surface area contributed by atoms with Crippen molar-refractivity contribution in [1.29, 1.82) is 0 Å². The molecule has 1 aliphatic heterocycles. The third-order valence-electron chi connectivity index (χ3n) is 2.85. The number of amides is 2. The quantitative estimate of drug-likeness (QED) is 0.788. The van der Waals surface area contributed by atoms with Gasteiger partial charge in [-0.15, -0.1) is 11.3 Å². The molecule has 1 saturated heterocycles. The molecule has 0 bridgehead atoms. The van der Waals surface area contributed by atoms with E-state index in [-0.39, 0.29) is 11.6 Å². The van der Waals surface area contributed by atoms with Gasteiger partial charge in [0.1, 0.15) is 5.00 Å². The van der Waals surface area contributed by atoms with Gasteiger partial charge in [-0.05, 0) is 24.3 Å². The summed E-state index contributed by atoms with van der Waals surface area (Å²) in [5.41, 5.74) is 0.0879. The Morgan fingerprint density at radius 1 is 1.37 bits per heavy atom. The Balaban J connectivity index is 1.89. The number of hydrogen-bond acceptors (Lipinski definition) is 4. The van der Waals surface area contributed by atoms with Crippen LogP contribution in [0.3, 0.4) is 0 Å². The molecule has 0 aromatic carbocycles. The molecule has 8 heteroatoms. The highest BCUT2D eigenvalue weighted by atomic mass is 32.2. The van der Waals surface area contributed by atoms with Gasteiger partial charge in [0.15, 0.2) is 0 Å². The van der Waals surface area contributed by atoms with Gasteiger partial charge in [0.05, 0.1) is 5.56 Å². The average Bonchev–Trinajstić information content (AvgIpc) is 2.80. The monoisotopic (exact) mass is 302 g/mol. The predicted octanol–water partition coefficient (Wildman–Crippen LogP) is 1.48. The molecule has 0 unspecified atom stereocenters. The maximum absolute atomic E-state index is 11.8. The van der Waals surface area contributed by atoms with Crippen molar-refractivity contribution in [2.45, 2.75) is 18.9 Å². The molecule has 0 atom stereocenters. The maximum atomic E-state index is 11.8. The topological polar surface area (TPSA) is 95.5 Å². The smallest absolute Gasteiger partial charge is 0.338 e. The zero-order chi connectivity index (χ0) is 13.8. The van der Waals surface area contributed by atoms with Crippen LogP contribution in [0.1, 0.15) is 23.2 Å². The Hall–Kier alpha value is -1.41. The van der Waals surface area contributed by atoms with E-state index in [9.17, 15) is 13.8 Å². The minimum absolute atomic E-state index is 0.00550. The van der Waals surface area contributed by atoms with Gasteiger partial charge in [0.2, 0.25) is 0 Å². The van der Waals surface area contributed by atoms with Crippen molar-refractivity contribution in [1.82, 2.24) is 5.32 Å². The summed E-state index contributed by atoms with van der Waals surface area (Å²) < 4.78 is 11.2. The Morgan fingerprint density at radius 2 is 2.05 bits per heavy atom. The Kier molecular flexibility index (Phi) is 4.54. The lowest BCUT2D eigenvalue weighted by molar-refractivity contribution is 0.0698. The molecule has 19 heavy (non-hydrogen) atoms. The number of carboxylic acids is 1. The summed E-state index contributed by atoms with van der Waals surface area (Å²) in [4.78, 5) is 22.6. The van der Waals surface area contributed by atoms with Crippen LogP contribution in [0.15, 0.2) is 11.4 Å². The van der Waals surface area contributed by atoms with E-state index in [1.54, 1.807) is 5.38 Å². The highest BCUT2D eigenvalue weighted by Gasteiger charge is 2.20. The van der Waals surface area contributed by atoms with E-state index < -0.39 is 22.8 Å². The molecular weight excluding hydrogens is 288 g/mol. The second-order valence-corrected chi connectivity index (χ2v) is 6.80. The van der Waals surface area contributed by atoms with Crippen LogP contribution in [0.4, 0.5) is 9.80 Å². The van der Waals surface area contributed by atoms with E-state index in [4.69, 9.17) is 5.11 Å². The highest BCUT2D eigenvalue weighted by Crippen LogP contribution is 2.23. The van der Waals surface area contributed by atoms with E-state index in [0.717, 1.165) is 0 Å². The fraction of sp³-hybridized carbons (Fsp3) is 0.455. The molecule has 0 radical (unpaired) electrons. The molecule has 0 spiro atoms. The molecule has 2 amide bonds. The van der Waals surface area contributed by atoms with Gasteiger partial charge in [0, 0.05) is 28.3 Å². The highest BCUT2D eigenvalue weighted by molar-refractivity contribution is 7.85. The van der Waals surface area contributed by atoms with Crippen LogP contribution in [0.2, 0.25) is 0 Å². The first kappa shape index (κ1) is 14.0. The van der Waals surface area contributed by atoms with Crippen molar-refractivity contribution in [2.24, 2.45) is 0 Å². The zero-order valence-corrected chi connectivity index (χ0v) is 11.7. The molecule has 1 aromatic rings. The van der Waals surface area contributed by atoms with Crippen LogP contribution < -0.4 is 10.6 Å². The number of nitrogens with one attached hydrogen (secondary N) is 2. The second kappa shape index (κ2) is 6.16. The SMILES string of the molecule is O=C(Nc1sccc1C(=O)O)NC1CCS(=O)CC1. The lowest BCUT2D eigenvalue weighted by atomic mass is 10.2. The number of anilines is 1. The summed E-state index contributed by atoms with van der Waals surface area (Å²) in [6.45, 7) is 0. The van der Waals surface area contributed by atoms with Crippen molar-refractivity contribution in [3.63, 3.8) is 0 Å². The van der Waals surface area contributed by atoms with Gasteiger partial charge in [-0.3, -0.25) is 9.53 Å². The number of rotatable bonds is 3. The summed E-state index contributed by atoms with van der Waals surface area (Å²) in [5, 5.41) is 16.2. The van der Waals surface area contributed by atoms with Crippen molar-refractivity contribution in [2.75, 3.05) is 16.8 Å². The summed E-state index contributed by atoms with van der Waals surface area (Å²) in [7, 11) is -0.764. The van der Waals surface area contributed by atoms with Crippen LogP contribution in [-0.4, -0.2) is 38.9 Å². The molecule has 1 aliphatic rings. The molecule has 1 aromatic heterocycles. The molecule has 0 aliphatic carbocycles. The number of aromatic carboxylic acids is 1. The number of urea groups is 1. The van der Waals surface area contributed by atoms with Gasteiger partial charge < -0.3 is 10.4 Å². The van der Waals surface area contributed by atoms with E-state index >= 15 is 0 Å². The first-order chi connectivity index (χ1) is 9.06. The number of thiophene rings is 1. The summed E-state index contributed by atoms with van der Waals surface area (Å²) in [6.07, 6.45) is 1.38. The van der Waals surface area contributed by atoms with Crippen molar-refractivity contribution >= 4 is 39.1 Å². The molecule has 2 rings (SSSR count). The number of hydrogen-bond donors (Lipinski definition) is 3. The molecule has 1 fully saturated rings. The minimum atomic E-state index is -1.07. The van der Waals surface area contributed by atoms with E-state index in [0.29, 0.717) is 29.3 Å². The molecular formula is C11H14N2O4S2. The van der Waals surface area contributed by atoms with Gasteiger partial charge >= 0.3 is 12.0 Å². The van der Waals surface area contributed by atoms with E-state index in [2.05, 4.69) is 10.6 Å². The first-order valence-electron chi connectivity index (χ1n) is 5.79. The third kappa shape index (κ3) is 3.77. The van der Waals surface area contributed by atoms with Gasteiger partial charge in [-0.1, -0.05) is 0 Å². The standard InChI is InChI=1S/C11H14N2O4S2/c14-10(15)8-1-4-18-9(8)13-11(16)12-7-2-5-19(17)6-3-7/h1,4,7H,2-3,5-6H2,(H,14,15)(H2,12,13,16). The van der Waals surface area contributed by atoms with Crippen LogP contribution in [0, 0.1) is 0 Å². The molecule has 3 N–H and O–H groups in total. The van der Waals surface area contributed by atoms with Crippen LogP contribution >= 0.6 is 11.3 Å². The number of carbonyl (C=O) groups excluding carboxylic acids is 1. The first-order valence-corrected chi connectivity index (χ1v) is 8.16. The molecule has 2 heterocycles. The number of carbonyl (C=O) groups is 2. The van der Waals surface area contributed by atoms with Gasteiger partial charge in [-0.2, -0.15) is 0 Å². The molecule has 6 nitrogen and oxygen atoms in total. The second-order valence-electron chi connectivity index (χ2n) is 4.19. The van der Waals surface area contributed by atoms with Gasteiger partial charge in [0.25, 0.3) is 0 Å². The molecule has 0 saturated carbocycles. The largest absolute Gasteiger partial charge is 0.478 e. The fourth-order valence-corrected chi connectivity index (χ4v) is 3.91. The van der Waals surface area contributed by atoms with Crippen LogP contribution in [-0.2, 0) is 10.8 Å². The Morgan fingerprint density at radius 3 is 2.68 bits per heavy atom. The Labute approximate surface area is 116 Å². The minimum Gasteiger partial charge on any atom is -0.478 e.